The first-order valence-electron chi connectivity index (χ1n) is 8.04. The largest absolute Gasteiger partial charge is 0.497 e. The first kappa shape index (κ1) is 17.4. The van der Waals surface area contributed by atoms with Crippen LogP contribution in [0.15, 0.2) is 42.5 Å². The van der Waals surface area contributed by atoms with Gasteiger partial charge in [0.15, 0.2) is 0 Å². The molecular weight excluding hydrogens is 328 g/mol. The molecule has 0 radical (unpaired) electrons. The molecule has 2 aromatic carbocycles. The number of benzene rings is 2. The number of ether oxygens (including phenoxy) is 1. The molecule has 2 aromatic rings. The number of hydrogen-bond acceptors (Lipinski definition) is 3. The lowest BCUT2D eigenvalue weighted by Gasteiger charge is -2.13. The van der Waals surface area contributed by atoms with Crippen molar-refractivity contribution in [3.8, 4) is 5.75 Å². The molecule has 1 amide bonds. The highest BCUT2D eigenvalue weighted by Gasteiger charge is 2.45. The van der Waals surface area contributed by atoms with E-state index in [1.54, 1.807) is 24.3 Å². The number of carbonyl (C=O) groups is 1. The quantitative estimate of drug-likeness (QED) is 0.845. The highest BCUT2D eigenvalue weighted by molar-refractivity contribution is 5.82. The average Bonchev–Trinajstić information content (AvgIpc) is 3.40. The van der Waals surface area contributed by atoms with Crippen molar-refractivity contribution in [3.05, 3.63) is 65.2 Å². The van der Waals surface area contributed by atoms with Crippen molar-refractivity contribution in [2.45, 2.75) is 18.4 Å². The number of aliphatic hydroxyl groups excluding tert-OH is 1. The minimum Gasteiger partial charge on any atom is -0.497 e. The monoisotopic (exact) mass is 347 g/mol. The molecule has 0 heterocycles. The van der Waals surface area contributed by atoms with Gasteiger partial charge in [0, 0.05) is 18.5 Å². The van der Waals surface area contributed by atoms with E-state index in [1.165, 1.54) is 19.2 Å². The van der Waals surface area contributed by atoms with Crippen LogP contribution >= 0.6 is 0 Å². The number of methoxy groups -OCH3 is 1. The molecule has 0 spiro atoms. The van der Waals surface area contributed by atoms with Crippen molar-refractivity contribution in [3.63, 3.8) is 0 Å². The second-order valence-electron chi connectivity index (χ2n) is 6.15. The molecule has 6 heteroatoms. The zero-order chi connectivity index (χ0) is 18.0. The fraction of sp³-hybridized carbons (Fsp3) is 0.316. The normalized spacial score (nSPS) is 20.0. The first-order valence-corrected chi connectivity index (χ1v) is 8.04. The van der Waals surface area contributed by atoms with Gasteiger partial charge in [0.2, 0.25) is 5.91 Å². The molecule has 3 rings (SSSR count). The highest BCUT2D eigenvalue weighted by atomic mass is 19.1. The molecule has 1 aliphatic carbocycles. The predicted octanol–water partition coefficient (Wildman–Crippen LogP) is 2.93. The van der Waals surface area contributed by atoms with E-state index in [2.05, 4.69) is 5.32 Å². The van der Waals surface area contributed by atoms with Crippen molar-refractivity contribution in [1.29, 1.82) is 0 Å². The summed E-state index contributed by atoms with van der Waals surface area (Å²) < 4.78 is 31.8. The fourth-order valence-corrected chi connectivity index (χ4v) is 2.93. The van der Waals surface area contributed by atoms with Gasteiger partial charge in [-0.3, -0.25) is 4.79 Å². The van der Waals surface area contributed by atoms with Crippen LogP contribution in [0.2, 0.25) is 0 Å². The third-order valence-electron chi connectivity index (χ3n) is 4.44. The Balaban J connectivity index is 1.55. The summed E-state index contributed by atoms with van der Waals surface area (Å²) in [6.07, 6.45) is -0.345. The first-order chi connectivity index (χ1) is 12.0. The lowest BCUT2D eigenvalue weighted by molar-refractivity contribution is -0.122. The minimum atomic E-state index is -0.862. The van der Waals surface area contributed by atoms with Crippen LogP contribution in [0.3, 0.4) is 0 Å². The van der Waals surface area contributed by atoms with E-state index in [9.17, 15) is 18.7 Å². The van der Waals surface area contributed by atoms with Gasteiger partial charge < -0.3 is 15.2 Å². The SMILES string of the molecule is COc1cccc(C(O)CNC(=O)C2CC2c2ccc(F)cc2F)c1. The zero-order valence-electron chi connectivity index (χ0n) is 13.7. The maximum Gasteiger partial charge on any atom is 0.223 e. The van der Waals surface area contributed by atoms with Crippen LogP contribution in [-0.4, -0.2) is 24.7 Å². The second kappa shape index (κ2) is 7.19. The maximum atomic E-state index is 13.8. The third kappa shape index (κ3) is 3.96. The number of hydrogen-bond donors (Lipinski definition) is 2. The molecule has 132 valence electrons. The van der Waals surface area contributed by atoms with Crippen molar-refractivity contribution < 1.29 is 23.4 Å². The summed E-state index contributed by atoms with van der Waals surface area (Å²) >= 11 is 0. The van der Waals surface area contributed by atoms with Crippen LogP contribution in [0.25, 0.3) is 0 Å². The van der Waals surface area contributed by atoms with Gasteiger partial charge in [-0.05, 0) is 41.7 Å². The molecule has 0 saturated heterocycles. The summed E-state index contributed by atoms with van der Waals surface area (Å²) in [5.41, 5.74) is 0.992. The van der Waals surface area contributed by atoms with Gasteiger partial charge in [-0.25, -0.2) is 8.78 Å². The smallest absolute Gasteiger partial charge is 0.223 e. The van der Waals surface area contributed by atoms with Gasteiger partial charge >= 0.3 is 0 Å². The predicted molar refractivity (Wildman–Crippen MR) is 88.2 cm³/mol. The van der Waals surface area contributed by atoms with E-state index in [0.717, 1.165) is 6.07 Å². The second-order valence-corrected chi connectivity index (χ2v) is 6.15. The molecule has 0 bridgehead atoms. The van der Waals surface area contributed by atoms with E-state index in [1.807, 2.05) is 0 Å². The number of rotatable bonds is 6. The number of amides is 1. The molecule has 1 fully saturated rings. The van der Waals surface area contributed by atoms with Gasteiger partial charge in [0.25, 0.3) is 0 Å². The number of carbonyl (C=O) groups excluding carboxylic acids is 1. The van der Waals surface area contributed by atoms with Crippen molar-refractivity contribution >= 4 is 5.91 Å². The Morgan fingerprint density at radius 2 is 2.12 bits per heavy atom. The van der Waals surface area contributed by atoms with E-state index in [-0.39, 0.29) is 24.3 Å². The summed E-state index contributed by atoms with van der Waals surface area (Å²) in [5.74, 6) is -1.47. The Morgan fingerprint density at radius 3 is 2.84 bits per heavy atom. The van der Waals surface area contributed by atoms with E-state index < -0.39 is 17.7 Å². The Bertz CT molecular complexity index is 781. The van der Waals surface area contributed by atoms with E-state index in [4.69, 9.17) is 4.74 Å². The molecule has 4 nitrogen and oxygen atoms in total. The standard InChI is InChI=1S/C19H19F2NO3/c1-25-13-4-2-3-11(7-13)18(23)10-22-19(24)16-9-15(16)14-6-5-12(20)8-17(14)21/h2-8,15-16,18,23H,9-10H2,1H3,(H,22,24). The van der Waals surface area contributed by atoms with Gasteiger partial charge in [-0.15, -0.1) is 0 Å². The zero-order valence-corrected chi connectivity index (χ0v) is 13.7. The van der Waals surface area contributed by atoms with E-state index in [0.29, 0.717) is 23.3 Å². The molecular formula is C19H19F2NO3. The Kier molecular flexibility index (Phi) is 4.99. The Hall–Kier alpha value is -2.47. The van der Waals surface area contributed by atoms with Crippen LogP contribution < -0.4 is 10.1 Å². The lowest BCUT2D eigenvalue weighted by atomic mass is 10.1. The molecule has 0 aliphatic heterocycles. The van der Waals surface area contributed by atoms with Crippen LogP contribution in [0, 0.1) is 17.6 Å². The summed E-state index contributed by atoms with van der Waals surface area (Å²) in [4.78, 5) is 12.2. The van der Waals surface area contributed by atoms with Crippen molar-refractivity contribution in [2.75, 3.05) is 13.7 Å². The molecule has 1 saturated carbocycles. The summed E-state index contributed by atoms with van der Waals surface area (Å²) in [6.45, 7) is 0.0567. The van der Waals surface area contributed by atoms with Crippen molar-refractivity contribution in [1.82, 2.24) is 5.32 Å². The van der Waals surface area contributed by atoms with Crippen LogP contribution in [0.5, 0.6) is 5.75 Å². The number of halogens is 2. The molecule has 0 aromatic heterocycles. The topological polar surface area (TPSA) is 58.6 Å². The average molecular weight is 347 g/mol. The highest BCUT2D eigenvalue weighted by Crippen LogP contribution is 2.48. The van der Waals surface area contributed by atoms with Gasteiger partial charge in [-0.2, -0.15) is 0 Å². The third-order valence-corrected chi connectivity index (χ3v) is 4.44. The maximum absolute atomic E-state index is 13.8. The van der Waals surface area contributed by atoms with Crippen LogP contribution in [0.4, 0.5) is 8.78 Å². The van der Waals surface area contributed by atoms with Gasteiger partial charge in [-0.1, -0.05) is 18.2 Å². The van der Waals surface area contributed by atoms with Crippen molar-refractivity contribution in [2.24, 2.45) is 5.92 Å². The molecule has 3 unspecified atom stereocenters. The van der Waals surface area contributed by atoms with Gasteiger partial charge in [0.1, 0.15) is 17.4 Å². The number of aliphatic hydroxyl groups is 1. The summed E-state index contributed by atoms with van der Waals surface area (Å²) in [5, 5.41) is 12.9. The molecule has 25 heavy (non-hydrogen) atoms. The molecule has 2 N–H and O–H groups in total. The van der Waals surface area contributed by atoms with Gasteiger partial charge in [0.05, 0.1) is 13.2 Å². The Labute approximate surface area is 144 Å². The number of nitrogens with one attached hydrogen (secondary N) is 1. The molecule has 3 atom stereocenters. The molecule has 1 aliphatic rings. The minimum absolute atomic E-state index is 0.0567. The lowest BCUT2D eigenvalue weighted by Crippen LogP contribution is -2.30. The van der Waals surface area contributed by atoms with Crippen LogP contribution in [-0.2, 0) is 4.79 Å². The summed E-state index contributed by atoms with van der Waals surface area (Å²) in [6, 6.07) is 10.4. The summed E-state index contributed by atoms with van der Waals surface area (Å²) in [7, 11) is 1.54. The van der Waals surface area contributed by atoms with E-state index >= 15 is 0 Å². The van der Waals surface area contributed by atoms with Crippen LogP contribution in [0.1, 0.15) is 29.6 Å². The fourth-order valence-electron chi connectivity index (χ4n) is 2.93. The Morgan fingerprint density at radius 1 is 1.32 bits per heavy atom.